The molecule has 0 N–H and O–H groups in total. The van der Waals surface area contributed by atoms with E-state index in [9.17, 15) is 59.4 Å². The Morgan fingerprint density at radius 1 is 0.157 bits per heavy atom. The van der Waals surface area contributed by atoms with Crippen molar-refractivity contribution in [2.75, 3.05) is 0 Å². The van der Waals surface area contributed by atoms with Crippen LogP contribution in [-0.2, 0) is 28.8 Å². The summed E-state index contributed by atoms with van der Waals surface area (Å²) in [5.74, 6) is -5.46. The number of carboxylic acid groups (broad SMARTS) is 6. The maximum absolute atomic E-state index is 10.1. The van der Waals surface area contributed by atoms with Crippen LogP contribution in [0.3, 0.4) is 0 Å². The van der Waals surface area contributed by atoms with Crippen LogP contribution in [0.15, 0.2) is 0 Å². The van der Waals surface area contributed by atoms with Gasteiger partial charge in [-0.25, -0.2) is 0 Å². The summed E-state index contributed by atoms with van der Waals surface area (Å²) in [6.45, 7) is 17.9. The Bertz CT molecular complexity index is 1290. The first-order valence-corrected chi connectivity index (χ1v) is 48.0. The zero-order valence-electron chi connectivity index (χ0n) is 69.2. The number of hydrogen-bond acceptors (Lipinski definition) is 12. The molecule has 0 aliphatic carbocycles. The van der Waals surface area contributed by atoms with E-state index in [4.69, 9.17) is 0 Å². The average Bonchev–Trinajstić information content (AvgIpc) is 3.64. The molecular weight excluding hydrogens is 1490 g/mol. The zero-order chi connectivity index (χ0) is 76.5. The Kier molecular flexibility index (Phi) is 131. The first-order chi connectivity index (χ1) is 49.0. The van der Waals surface area contributed by atoms with Gasteiger partial charge in [0.05, 0.1) is 0 Å². The third-order valence-electron chi connectivity index (χ3n) is 18.3. The Hall–Kier alpha value is -1.58. The van der Waals surface area contributed by atoms with Crippen LogP contribution in [0.25, 0.3) is 0 Å². The van der Waals surface area contributed by atoms with Crippen molar-refractivity contribution < 1.29 is 59.4 Å². The van der Waals surface area contributed by atoms with Crippen molar-refractivity contribution in [3.8, 4) is 0 Å². The number of unbranched alkanes of at least 4 members (excludes halogenated alkanes) is 58. The van der Waals surface area contributed by atoms with Crippen LogP contribution in [0.1, 0.15) is 518 Å². The second-order valence-electron chi connectivity index (χ2n) is 29.0. The summed E-state index contributed by atoms with van der Waals surface area (Å²) in [6, 6.07) is 0. The second-order valence-corrected chi connectivity index (χ2v) is 33.3. The molecule has 0 atom stereocenters. The van der Waals surface area contributed by atoms with Crippen molar-refractivity contribution in [3.05, 3.63) is 0 Å². The van der Waals surface area contributed by atoms with Crippen LogP contribution in [0, 0.1) is 0 Å². The standard InChI is InChI=1S/6C12H24O2.2C8H17.2Sn/c6*1-2-3-4-5-6-7-8-9-10-11-12(13)14;2*1-3-5-7-8-6-4-2;;/h6*2-11H2,1H3,(H,13,14);2*1,3-8H2,2H3;;/q;;;;;;;;+2;+4/p-6. The Morgan fingerprint density at radius 3 is 0.343 bits per heavy atom. The minimum Gasteiger partial charge on any atom is 4.00 e. The van der Waals surface area contributed by atoms with Gasteiger partial charge in [-0.3, -0.25) is 0 Å². The molecule has 0 aliphatic heterocycles. The summed E-state index contributed by atoms with van der Waals surface area (Å²) >= 11 is 0.0736. The minimum absolute atomic E-state index is 0. The van der Waals surface area contributed by atoms with E-state index >= 15 is 0 Å². The maximum Gasteiger partial charge on any atom is 4.00 e. The fourth-order valence-electron chi connectivity index (χ4n) is 11.7. The van der Waals surface area contributed by atoms with Gasteiger partial charge >= 0.3 is 145 Å². The van der Waals surface area contributed by atoms with Crippen molar-refractivity contribution >= 4 is 80.9 Å². The van der Waals surface area contributed by atoms with E-state index in [2.05, 4.69) is 55.4 Å². The molecule has 0 fully saturated rings. The van der Waals surface area contributed by atoms with Crippen LogP contribution < -0.4 is 30.6 Å². The summed E-state index contributed by atoms with van der Waals surface area (Å²) in [5, 5.41) is 60.6. The van der Waals surface area contributed by atoms with E-state index < -0.39 is 35.8 Å². The maximum atomic E-state index is 10.1. The largest absolute Gasteiger partial charge is 4.00 e. The molecule has 0 spiro atoms. The van der Waals surface area contributed by atoms with E-state index in [1.165, 1.54) is 334 Å². The quantitative estimate of drug-likeness (QED) is 0.0408. The second kappa shape index (κ2) is 115. The van der Waals surface area contributed by atoms with E-state index in [1.807, 2.05) is 0 Å². The molecule has 0 aromatic rings. The van der Waals surface area contributed by atoms with E-state index in [-0.39, 0.29) is 83.6 Å². The van der Waals surface area contributed by atoms with Crippen molar-refractivity contribution in [2.45, 2.75) is 527 Å². The average molecular weight is 1660 g/mol. The Labute approximate surface area is 662 Å². The molecule has 0 aromatic heterocycles. The van der Waals surface area contributed by atoms with Gasteiger partial charge in [0.15, 0.2) is 0 Å². The molecule has 12 nitrogen and oxygen atoms in total. The summed E-state index contributed by atoms with van der Waals surface area (Å²) in [7, 11) is 0. The summed E-state index contributed by atoms with van der Waals surface area (Å²) in [5.41, 5.74) is 0. The van der Waals surface area contributed by atoms with Gasteiger partial charge in [0.25, 0.3) is 0 Å². The molecule has 604 valence electrons. The summed E-state index contributed by atoms with van der Waals surface area (Å²) in [6.07, 6.45) is 84.8. The van der Waals surface area contributed by atoms with Crippen molar-refractivity contribution in [3.63, 3.8) is 0 Å². The van der Waals surface area contributed by atoms with Gasteiger partial charge in [-0.2, -0.15) is 0 Å². The van der Waals surface area contributed by atoms with Gasteiger partial charge in [0.1, 0.15) is 0 Å². The molecule has 0 radical (unpaired) electrons. The molecule has 0 saturated carbocycles. The third-order valence-corrected chi connectivity index (χ3v) is 22.4. The van der Waals surface area contributed by atoms with Crippen LogP contribution in [0.4, 0.5) is 0 Å². The summed E-state index contributed by atoms with van der Waals surface area (Å²) in [4.78, 5) is 60.6. The van der Waals surface area contributed by atoms with Gasteiger partial charge < -0.3 is 59.4 Å². The Balaban J connectivity index is -0.000000168. The normalized spacial score (nSPS) is 10.3. The van der Waals surface area contributed by atoms with Crippen molar-refractivity contribution in [2.24, 2.45) is 0 Å². The molecule has 0 rings (SSSR count). The molecule has 102 heavy (non-hydrogen) atoms. The van der Waals surface area contributed by atoms with Gasteiger partial charge in [0, 0.05) is 35.8 Å². The molecule has 0 saturated heterocycles. The molecule has 0 aliphatic rings. The smallest absolute Gasteiger partial charge is 4.00 e. The van der Waals surface area contributed by atoms with Gasteiger partial charge in [-0.05, 0) is 77.0 Å². The van der Waals surface area contributed by atoms with Crippen LogP contribution in [0.5, 0.6) is 0 Å². The summed E-state index contributed by atoms with van der Waals surface area (Å²) < 4.78 is 3.31. The number of carboxylic acids is 6. The Morgan fingerprint density at radius 2 is 0.245 bits per heavy atom. The zero-order valence-corrected chi connectivity index (χ0v) is 74.9. The third kappa shape index (κ3) is 152. The number of aliphatic carboxylic acids is 6. The predicted octanol–water partition coefficient (Wildman–Crippen LogP) is 21.8. The number of rotatable bonds is 74. The van der Waals surface area contributed by atoms with Gasteiger partial charge in [0.2, 0.25) is 0 Å². The van der Waals surface area contributed by atoms with Crippen LogP contribution in [-0.4, -0.2) is 80.9 Å². The van der Waals surface area contributed by atoms with E-state index in [0.29, 0.717) is 0 Å². The van der Waals surface area contributed by atoms with Crippen molar-refractivity contribution in [1.82, 2.24) is 0 Å². The molecule has 0 aromatic carbocycles. The monoisotopic (exact) mass is 1660 g/mol. The van der Waals surface area contributed by atoms with Gasteiger partial charge in [-0.1, -0.05) is 350 Å². The molecule has 0 bridgehead atoms. The van der Waals surface area contributed by atoms with E-state index in [1.54, 1.807) is 21.7 Å². The number of carbonyl (C=O) groups is 6. The molecule has 0 amide bonds. The van der Waals surface area contributed by atoms with Gasteiger partial charge in [-0.15, -0.1) is 0 Å². The molecule has 0 unspecified atom stereocenters. The molecule has 0 heterocycles. The molecule has 14 heteroatoms. The van der Waals surface area contributed by atoms with Crippen LogP contribution >= 0.6 is 0 Å². The topological polar surface area (TPSA) is 241 Å². The first kappa shape index (κ1) is 116. The van der Waals surface area contributed by atoms with Crippen LogP contribution in [0.2, 0.25) is 8.87 Å². The first-order valence-electron chi connectivity index (χ1n) is 43.9. The van der Waals surface area contributed by atoms with Crippen molar-refractivity contribution in [1.29, 1.82) is 0 Å². The fraction of sp³-hybridized carbons (Fsp3) is 0.932. The number of carbonyl (C=O) groups excluding carboxylic acids is 6. The fourth-order valence-corrected chi connectivity index (χ4v) is 15.2. The SMILES string of the molecule is CCCCCCCCCCCC(=O)[O-].CCCCCCCCCCCC(=O)[O-].CCCCCCCCCCCC(=O)[O-].CCCCCCCCCCCC(=O)[O-].CCCCCCCCCCCC(=O)[O-].CCCCCCCCCCCC(=O)[O-].CCCCCCC[CH2][Sn+2][CH2]CCCCCCC.[Sn+4]. The number of hydrogen-bond donors (Lipinski definition) is 0. The van der Waals surface area contributed by atoms with E-state index in [0.717, 1.165) is 77.0 Å². The molecular formula is C88H172O12Sn2. The predicted molar refractivity (Wildman–Crippen MR) is 429 cm³/mol. The minimum atomic E-state index is -0.909.